The first kappa shape index (κ1) is 34.5. The molecular weight excluding hydrogens is 602 g/mol. The van der Waals surface area contributed by atoms with Crippen LogP contribution < -0.4 is 35.5 Å². The van der Waals surface area contributed by atoms with Gasteiger partial charge in [-0.15, -0.1) is 0 Å². The Labute approximate surface area is 265 Å². The molecule has 240 valence electrons. The van der Waals surface area contributed by atoms with E-state index in [1.807, 2.05) is 6.26 Å². The number of benzene rings is 2. The molecule has 13 nitrogen and oxygen atoms in total. The van der Waals surface area contributed by atoms with Gasteiger partial charge < -0.3 is 35.3 Å². The SMILES string of the molecule is COc1cc(CC(=O)N[C@@H](CCSC)C(=O)NC[C@@H](C(=O)O)c2ccc(OC)c(OC)c2)ccc1NC(=O)Nc1ccccn1. The van der Waals surface area contributed by atoms with Gasteiger partial charge in [0, 0.05) is 12.7 Å². The first-order chi connectivity index (χ1) is 21.7. The molecule has 3 rings (SSSR count). The minimum Gasteiger partial charge on any atom is -0.495 e. The molecule has 5 N–H and O–H groups in total. The minimum atomic E-state index is -1.13. The Balaban J connectivity index is 1.64. The number of thioether (sulfide) groups is 1. The van der Waals surface area contributed by atoms with E-state index >= 15 is 0 Å². The van der Waals surface area contributed by atoms with Gasteiger partial charge in [0.1, 0.15) is 17.6 Å². The van der Waals surface area contributed by atoms with Gasteiger partial charge in [-0.2, -0.15) is 11.8 Å². The Hall–Kier alpha value is -4.98. The van der Waals surface area contributed by atoms with Gasteiger partial charge in [0.2, 0.25) is 11.8 Å². The second-order valence-corrected chi connectivity index (χ2v) is 10.6. The van der Waals surface area contributed by atoms with Crippen LogP contribution >= 0.6 is 11.8 Å². The number of nitrogens with one attached hydrogen (secondary N) is 4. The Morgan fingerprint density at radius 3 is 2.31 bits per heavy atom. The molecule has 45 heavy (non-hydrogen) atoms. The van der Waals surface area contributed by atoms with Crippen molar-refractivity contribution < 1.29 is 38.5 Å². The van der Waals surface area contributed by atoms with Gasteiger partial charge in [0.15, 0.2) is 11.5 Å². The van der Waals surface area contributed by atoms with Crippen LogP contribution in [-0.4, -0.2) is 79.8 Å². The lowest BCUT2D eigenvalue weighted by Gasteiger charge is -2.21. The molecule has 3 aromatic rings. The summed E-state index contributed by atoms with van der Waals surface area (Å²) in [5.74, 6) is -0.989. The fourth-order valence-electron chi connectivity index (χ4n) is 4.33. The van der Waals surface area contributed by atoms with Crippen LogP contribution in [0.2, 0.25) is 0 Å². The number of amides is 4. The van der Waals surface area contributed by atoms with Gasteiger partial charge in [0.05, 0.1) is 39.4 Å². The number of hydrogen-bond donors (Lipinski definition) is 5. The predicted molar refractivity (Wildman–Crippen MR) is 171 cm³/mol. The van der Waals surface area contributed by atoms with Crippen LogP contribution in [0.4, 0.5) is 16.3 Å². The highest BCUT2D eigenvalue weighted by Gasteiger charge is 2.26. The molecule has 0 saturated carbocycles. The van der Waals surface area contributed by atoms with Gasteiger partial charge in [0.25, 0.3) is 0 Å². The van der Waals surface area contributed by atoms with E-state index in [2.05, 4.69) is 26.3 Å². The monoisotopic (exact) mass is 639 g/mol. The largest absolute Gasteiger partial charge is 0.495 e. The maximum atomic E-state index is 13.2. The molecule has 2 atom stereocenters. The van der Waals surface area contributed by atoms with E-state index in [0.29, 0.717) is 52.1 Å². The van der Waals surface area contributed by atoms with Crippen molar-refractivity contribution in [2.75, 3.05) is 50.5 Å². The lowest BCUT2D eigenvalue weighted by atomic mass is 9.98. The van der Waals surface area contributed by atoms with E-state index in [1.54, 1.807) is 60.8 Å². The minimum absolute atomic E-state index is 0.0663. The van der Waals surface area contributed by atoms with Crippen LogP contribution in [-0.2, 0) is 20.8 Å². The molecule has 0 aliphatic rings. The van der Waals surface area contributed by atoms with Crippen LogP contribution in [0.1, 0.15) is 23.5 Å². The summed E-state index contributed by atoms with van der Waals surface area (Å²) in [6.07, 6.45) is 3.71. The fraction of sp³-hybridized carbons (Fsp3) is 0.323. The average molecular weight is 640 g/mol. The van der Waals surface area contributed by atoms with Crippen molar-refractivity contribution in [2.45, 2.75) is 24.8 Å². The molecule has 0 spiro atoms. The maximum absolute atomic E-state index is 13.2. The molecule has 1 heterocycles. The molecule has 4 amide bonds. The number of pyridine rings is 1. The summed E-state index contributed by atoms with van der Waals surface area (Å²) in [5.41, 5.74) is 1.39. The number of nitrogens with zero attached hydrogens (tertiary/aromatic N) is 1. The summed E-state index contributed by atoms with van der Waals surface area (Å²) in [6, 6.07) is 13.4. The van der Waals surface area contributed by atoms with Crippen LogP contribution in [0.25, 0.3) is 0 Å². The number of carbonyl (C=O) groups excluding carboxylic acids is 3. The Morgan fingerprint density at radius 2 is 1.67 bits per heavy atom. The summed E-state index contributed by atoms with van der Waals surface area (Å²) < 4.78 is 15.9. The third-order valence-electron chi connectivity index (χ3n) is 6.64. The molecule has 0 fully saturated rings. The van der Waals surface area contributed by atoms with E-state index < -0.39 is 35.8 Å². The topological polar surface area (TPSA) is 177 Å². The second kappa shape index (κ2) is 17.3. The maximum Gasteiger partial charge on any atom is 0.324 e. The fourth-order valence-corrected chi connectivity index (χ4v) is 4.81. The first-order valence-corrected chi connectivity index (χ1v) is 15.2. The van der Waals surface area contributed by atoms with Crippen molar-refractivity contribution in [1.29, 1.82) is 0 Å². The first-order valence-electron chi connectivity index (χ1n) is 13.9. The van der Waals surface area contributed by atoms with Crippen molar-refractivity contribution >= 4 is 47.1 Å². The summed E-state index contributed by atoms with van der Waals surface area (Å²) in [5, 5.41) is 20.6. The van der Waals surface area contributed by atoms with Gasteiger partial charge in [-0.3, -0.25) is 19.7 Å². The molecule has 0 aliphatic heterocycles. The highest BCUT2D eigenvalue weighted by molar-refractivity contribution is 7.98. The zero-order valence-electron chi connectivity index (χ0n) is 25.4. The molecule has 2 aromatic carbocycles. The molecule has 0 saturated heterocycles. The Kier molecular flexibility index (Phi) is 13.3. The number of hydrogen-bond acceptors (Lipinski definition) is 9. The molecule has 0 radical (unpaired) electrons. The van der Waals surface area contributed by atoms with Crippen LogP contribution in [0, 0.1) is 0 Å². The van der Waals surface area contributed by atoms with Crippen LogP contribution in [0.5, 0.6) is 17.2 Å². The van der Waals surface area contributed by atoms with E-state index in [0.717, 1.165) is 0 Å². The van der Waals surface area contributed by atoms with Crippen molar-refractivity contribution in [3.63, 3.8) is 0 Å². The number of ether oxygens (including phenoxy) is 3. The zero-order chi connectivity index (χ0) is 32.8. The smallest absolute Gasteiger partial charge is 0.324 e. The number of urea groups is 1. The second-order valence-electron chi connectivity index (χ2n) is 9.66. The van der Waals surface area contributed by atoms with E-state index in [4.69, 9.17) is 14.2 Å². The molecule has 1 aromatic heterocycles. The average Bonchev–Trinajstić information content (AvgIpc) is 3.03. The summed E-state index contributed by atoms with van der Waals surface area (Å²) in [7, 11) is 4.36. The lowest BCUT2D eigenvalue weighted by molar-refractivity contribution is -0.139. The highest BCUT2D eigenvalue weighted by atomic mass is 32.2. The number of aliphatic carboxylic acids is 1. The van der Waals surface area contributed by atoms with E-state index in [9.17, 15) is 24.3 Å². The highest BCUT2D eigenvalue weighted by Crippen LogP contribution is 2.31. The van der Waals surface area contributed by atoms with Crippen molar-refractivity contribution in [3.05, 3.63) is 71.9 Å². The lowest BCUT2D eigenvalue weighted by Crippen LogP contribution is -2.48. The Morgan fingerprint density at radius 1 is 0.911 bits per heavy atom. The third kappa shape index (κ3) is 10.3. The van der Waals surface area contributed by atoms with Gasteiger partial charge in [-0.25, -0.2) is 9.78 Å². The van der Waals surface area contributed by atoms with Gasteiger partial charge in [-0.05, 0) is 66.0 Å². The molecule has 14 heteroatoms. The number of aromatic nitrogens is 1. The number of carboxylic acids is 1. The summed E-state index contributed by atoms with van der Waals surface area (Å²) >= 11 is 1.51. The molecule has 0 unspecified atom stereocenters. The number of rotatable bonds is 16. The predicted octanol–water partition coefficient (Wildman–Crippen LogP) is 3.52. The van der Waals surface area contributed by atoms with Crippen molar-refractivity contribution in [3.8, 4) is 17.2 Å². The van der Waals surface area contributed by atoms with Gasteiger partial charge in [-0.1, -0.05) is 18.2 Å². The summed E-state index contributed by atoms with van der Waals surface area (Å²) in [4.78, 5) is 54.7. The number of carboxylic acid groups (broad SMARTS) is 1. The third-order valence-corrected chi connectivity index (χ3v) is 7.28. The number of carbonyl (C=O) groups is 4. The zero-order valence-corrected chi connectivity index (χ0v) is 26.2. The molecular formula is C31H37N5O8S. The molecule has 0 aliphatic carbocycles. The van der Waals surface area contributed by atoms with Crippen LogP contribution in [0.3, 0.4) is 0 Å². The van der Waals surface area contributed by atoms with Crippen LogP contribution in [0.15, 0.2) is 60.8 Å². The standard InChI is InChI=1S/C31H37N5O8S/c1-42-24-11-9-20(17-26(24)44-3)21(30(39)40)18-33-29(38)23(12-14-45-4)34-28(37)16-19-8-10-22(25(15-19)43-2)35-31(41)36-27-7-5-6-13-32-27/h5-11,13,15,17,21,23H,12,14,16,18H2,1-4H3,(H,33,38)(H,34,37)(H,39,40)(H2,32,35,36,41)/t21-,23+/m1/s1. The van der Waals surface area contributed by atoms with Crippen molar-refractivity contribution in [2.24, 2.45) is 0 Å². The summed E-state index contributed by atoms with van der Waals surface area (Å²) in [6.45, 7) is -0.200. The van der Waals surface area contributed by atoms with Gasteiger partial charge >= 0.3 is 12.0 Å². The Bertz CT molecular complexity index is 1470. The molecule has 0 bridgehead atoms. The van der Waals surface area contributed by atoms with E-state index in [-0.39, 0.29) is 13.0 Å². The normalized spacial score (nSPS) is 11.8. The van der Waals surface area contributed by atoms with E-state index in [1.165, 1.54) is 33.1 Å². The number of anilines is 2. The number of methoxy groups -OCH3 is 3. The van der Waals surface area contributed by atoms with Crippen molar-refractivity contribution in [1.82, 2.24) is 15.6 Å². The quantitative estimate of drug-likeness (QED) is 0.156.